The molecule has 0 atom stereocenters. The smallest absolute Gasteiger partial charge is 0.238 e. The van der Waals surface area contributed by atoms with Gasteiger partial charge in [0.2, 0.25) is 5.91 Å². The summed E-state index contributed by atoms with van der Waals surface area (Å²) >= 11 is 0. The van der Waals surface area contributed by atoms with E-state index in [2.05, 4.69) is 93.0 Å². The first kappa shape index (κ1) is 32.7. The Kier molecular flexibility index (Phi) is 9.32. The van der Waals surface area contributed by atoms with Crippen LogP contribution in [0.1, 0.15) is 123 Å². The summed E-state index contributed by atoms with van der Waals surface area (Å²) in [5.74, 6) is 4.82. The van der Waals surface area contributed by atoms with Gasteiger partial charge in [0.25, 0.3) is 0 Å². The van der Waals surface area contributed by atoms with Crippen molar-refractivity contribution in [3.8, 4) is 23.6 Å². The number of amides is 1. The van der Waals surface area contributed by atoms with E-state index in [0.29, 0.717) is 23.2 Å². The summed E-state index contributed by atoms with van der Waals surface area (Å²) in [4.78, 5) is 26.4. The first-order valence-electron chi connectivity index (χ1n) is 17.9. The maximum absolute atomic E-state index is 14.4. The van der Waals surface area contributed by atoms with Gasteiger partial charge < -0.3 is 10.2 Å². The molecule has 0 radical (unpaired) electrons. The number of aromatic nitrogens is 1. The van der Waals surface area contributed by atoms with Crippen molar-refractivity contribution < 1.29 is 6.22 Å². The molecule has 1 spiro atoms. The summed E-state index contributed by atoms with van der Waals surface area (Å²) in [5, 5.41) is 3.49. The molecule has 1 saturated heterocycles. The number of hydrogen-bond acceptors (Lipinski definition) is 4. The van der Waals surface area contributed by atoms with E-state index in [4.69, 9.17) is 11.4 Å². The number of nitrogens with one attached hydrogen (secondary N) is 1. The number of benzene rings is 1. The molecule has 3 heterocycles. The molecule has 2 aliphatic heterocycles. The maximum atomic E-state index is 14.4. The normalized spacial score (nSPS) is 25.0. The molecular weight excluding hydrogens is 564 g/mol. The lowest BCUT2D eigenvalue weighted by Gasteiger charge is -2.44. The lowest BCUT2D eigenvalue weighted by molar-refractivity contribution is -0.125. The number of aliphatic imine (C=N–C) groups is 1. The number of nitrogens with zero attached hydrogens (tertiary/aromatic N) is 3. The van der Waals surface area contributed by atoms with Crippen LogP contribution in [-0.2, 0) is 10.2 Å². The van der Waals surface area contributed by atoms with Gasteiger partial charge in [-0.25, -0.2) is 4.99 Å². The second-order valence-electron chi connectivity index (χ2n) is 16.0. The Bertz CT molecular complexity index is 1560. The fourth-order valence-electron chi connectivity index (χ4n) is 8.04. The predicted molar refractivity (Wildman–Crippen MR) is 194 cm³/mol. The van der Waals surface area contributed by atoms with Crippen molar-refractivity contribution in [2.75, 3.05) is 18.0 Å². The molecule has 1 aromatic carbocycles. The van der Waals surface area contributed by atoms with Gasteiger partial charge in [-0.1, -0.05) is 64.3 Å². The largest absolute Gasteiger partial charge is 0.317 e. The zero-order valence-electron chi connectivity index (χ0n) is 29.1. The van der Waals surface area contributed by atoms with Crippen LogP contribution in [0.2, 0.25) is 0 Å². The highest BCUT2D eigenvalue weighted by Gasteiger charge is 2.54. The van der Waals surface area contributed by atoms with Gasteiger partial charge >= 0.3 is 0 Å². The van der Waals surface area contributed by atoms with E-state index in [1.807, 2.05) is 0 Å². The molecule has 3 aliphatic carbocycles. The average Bonchev–Trinajstić information content (AvgIpc) is 3.84. The minimum atomic E-state index is -0.405. The SMILES string of the molecule is C#CC=Nc1cc(-c2ccc3c(c2)N(C2CC(C4=CCCC(C)(C)CC4)C2)C(=O)C32CCNCC2)nc(C2CC2)c1C.CC(C)C.[HH]. The van der Waals surface area contributed by atoms with Crippen LogP contribution in [-0.4, -0.2) is 36.2 Å². The molecular formula is C41H56N4O. The first-order valence-corrected chi connectivity index (χ1v) is 17.9. The van der Waals surface area contributed by atoms with Gasteiger partial charge in [0, 0.05) is 30.3 Å². The fourth-order valence-corrected chi connectivity index (χ4v) is 8.04. The summed E-state index contributed by atoms with van der Waals surface area (Å²) < 4.78 is 0. The van der Waals surface area contributed by atoms with Gasteiger partial charge in [0.1, 0.15) is 0 Å². The lowest BCUT2D eigenvalue weighted by atomic mass is 9.72. The van der Waals surface area contributed by atoms with Crippen molar-refractivity contribution in [2.24, 2.45) is 22.2 Å². The molecule has 2 aromatic rings. The van der Waals surface area contributed by atoms with Gasteiger partial charge in [-0.3, -0.25) is 9.78 Å². The summed E-state index contributed by atoms with van der Waals surface area (Å²) in [7, 11) is 0. The monoisotopic (exact) mass is 620 g/mol. The number of hydrogen-bond donors (Lipinski definition) is 1. The molecule has 5 heteroatoms. The van der Waals surface area contributed by atoms with Gasteiger partial charge in [0.05, 0.1) is 23.0 Å². The highest BCUT2D eigenvalue weighted by Crippen LogP contribution is 2.53. The molecule has 1 aromatic heterocycles. The zero-order chi connectivity index (χ0) is 32.6. The number of rotatable bonds is 5. The van der Waals surface area contributed by atoms with Gasteiger partial charge in [-0.15, -0.1) is 6.42 Å². The minimum Gasteiger partial charge on any atom is -0.317 e. The van der Waals surface area contributed by atoms with Crippen molar-refractivity contribution in [3.63, 3.8) is 0 Å². The van der Waals surface area contributed by atoms with E-state index >= 15 is 0 Å². The Labute approximate surface area is 279 Å². The number of carbonyl (C=O) groups is 1. The van der Waals surface area contributed by atoms with Crippen LogP contribution in [0.15, 0.2) is 40.9 Å². The van der Waals surface area contributed by atoms with E-state index in [1.165, 1.54) is 50.3 Å². The fraction of sp³-hybridized carbons (Fsp3) is 0.585. The van der Waals surface area contributed by atoms with E-state index in [0.717, 1.165) is 78.6 Å². The third kappa shape index (κ3) is 6.48. The van der Waals surface area contributed by atoms with Crippen LogP contribution in [0.25, 0.3) is 11.3 Å². The quantitative estimate of drug-likeness (QED) is 0.206. The van der Waals surface area contributed by atoms with Crippen LogP contribution < -0.4 is 10.2 Å². The number of allylic oxidation sites excluding steroid dienone is 2. The summed E-state index contributed by atoms with van der Waals surface area (Å²) in [5.41, 5.74) is 9.13. The van der Waals surface area contributed by atoms with Crippen LogP contribution in [0.4, 0.5) is 11.4 Å². The molecule has 0 unspecified atom stereocenters. The second-order valence-corrected chi connectivity index (χ2v) is 16.0. The van der Waals surface area contributed by atoms with E-state index in [9.17, 15) is 4.79 Å². The van der Waals surface area contributed by atoms with Gasteiger partial charge in [0.15, 0.2) is 0 Å². The molecule has 3 fully saturated rings. The topological polar surface area (TPSA) is 57.6 Å². The molecule has 46 heavy (non-hydrogen) atoms. The Morgan fingerprint density at radius 2 is 1.80 bits per heavy atom. The number of fused-ring (bicyclic) bond motifs is 2. The van der Waals surface area contributed by atoms with Crippen molar-refractivity contribution in [3.05, 3.63) is 52.7 Å². The molecule has 2 saturated carbocycles. The van der Waals surface area contributed by atoms with Crippen molar-refractivity contribution >= 4 is 23.5 Å². The Balaban J connectivity index is 0.000000822. The highest BCUT2D eigenvalue weighted by atomic mass is 16.2. The third-order valence-electron chi connectivity index (χ3n) is 11.0. The van der Waals surface area contributed by atoms with Gasteiger partial charge in [-0.05, 0) is 125 Å². The van der Waals surface area contributed by atoms with Crippen LogP contribution in [0.5, 0.6) is 0 Å². The van der Waals surface area contributed by atoms with Crippen LogP contribution in [0.3, 0.4) is 0 Å². The van der Waals surface area contributed by atoms with Crippen molar-refractivity contribution in [1.82, 2.24) is 10.3 Å². The number of pyridine rings is 1. The van der Waals surface area contributed by atoms with Crippen LogP contribution >= 0.6 is 0 Å². The highest BCUT2D eigenvalue weighted by molar-refractivity contribution is 6.09. The van der Waals surface area contributed by atoms with Gasteiger partial charge in [-0.2, -0.15) is 0 Å². The number of anilines is 1. The third-order valence-corrected chi connectivity index (χ3v) is 11.0. The van der Waals surface area contributed by atoms with E-state index < -0.39 is 5.41 Å². The van der Waals surface area contributed by atoms with Crippen molar-refractivity contribution in [2.45, 2.75) is 123 Å². The maximum Gasteiger partial charge on any atom is 0.238 e. The molecule has 5 nitrogen and oxygen atoms in total. The summed E-state index contributed by atoms with van der Waals surface area (Å²) in [6.45, 7) is 15.2. The molecule has 5 aliphatic rings. The average molecular weight is 621 g/mol. The van der Waals surface area contributed by atoms with E-state index in [1.54, 1.807) is 5.57 Å². The number of piperidine rings is 1. The standard InChI is InChI=1S/C37H44N4O.C4H10.H2/c1-5-17-39-31-23-32(40-34(24(31)2)26-8-9-26)27-10-11-30-33(22-27)41(35(42)37(30)15-18-38-19-16-37)29-20-28(21-29)25-7-6-13-36(3,4)14-12-25;1-4(2)3;/h1,7,10-11,17,22-23,26,28-29,38H,6,8-9,12-16,18-21H2,2-4H3;4H,1-3H3;1H. The Morgan fingerprint density at radius 3 is 2.48 bits per heavy atom. The number of carbonyl (C=O) groups excluding carboxylic acids is 1. The van der Waals surface area contributed by atoms with E-state index in [-0.39, 0.29) is 7.47 Å². The molecule has 1 N–H and O–H groups in total. The summed E-state index contributed by atoms with van der Waals surface area (Å²) in [6, 6.07) is 9.02. The van der Waals surface area contributed by atoms with Crippen LogP contribution in [0, 0.1) is 36.5 Å². The number of terminal acetylenes is 1. The van der Waals surface area contributed by atoms with Crippen molar-refractivity contribution in [1.29, 1.82) is 0 Å². The Hall–Kier alpha value is -3.23. The predicted octanol–water partition coefficient (Wildman–Crippen LogP) is 9.45. The zero-order valence-corrected chi connectivity index (χ0v) is 29.1. The molecule has 7 rings (SSSR count). The molecule has 0 bridgehead atoms. The Morgan fingerprint density at radius 1 is 1.09 bits per heavy atom. The summed E-state index contributed by atoms with van der Waals surface area (Å²) in [6.07, 6.45) is 20.8. The lowest BCUT2D eigenvalue weighted by Crippen LogP contribution is -2.53. The molecule has 246 valence electrons. The minimum absolute atomic E-state index is 0. The molecule has 1 amide bonds. The second kappa shape index (κ2) is 13.1. The first-order chi connectivity index (χ1) is 22.0.